The first-order valence-corrected chi connectivity index (χ1v) is 11.6. The molecule has 4 heteroatoms. The summed E-state index contributed by atoms with van der Waals surface area (Å²) in [5.74, 6) is 1.61. The minimum absolute atomic E-state index is 0.0143. The van der Waals surface area contributed by atoms with Crippen molar-refractivity contribution in [2.24, 2.45) is 11.8 Å². The largest absolute Gasteiger partial charge is 0.466 e. The van der Waals surface area contributed by atoms with Crippen molar-refractivity contribution in [3.8, 4) is 0 Å². The Morgan fingerprint density at radius 3 is 2.00 bits per heavy atom. The summed E-state index contributed by atoms with van der Waals surface area (Å²) in [5, 5.41) is 2.72. The Morgan fingerprint density at radius 1 is 0.893 bits per heavy atom. The van der Waals surface area contributed by atoms with Gasteiger partial charge < -0.3 is 10.1 Å². The van der Waals surface area contributed by atoms with Crippen LogP contribution in [-0.2, 0) is 14.3 Å². The second-order valence-corrected chi connectivity index (χ2v) is 8.49. The summed E-state index contributed by atoms with van der Waals surface area (Å²) in [4.78, 5) is 22.9. The first-order valence-electron chi connectivity index (χ1n) is 11.6. The summed E-state index contributed by atoms with van der Waals surface area (Å²) in [6.07, 6.45) is 19.2. The van der Waals surface area contributed by atoms with Crippen LogP contribution in [0, 0.1) is 11.8 Å². The Kier molecular flexibility index (Phi) is 13.8. The van der Waals surface area contributed by atoms with E-state index in [1.54, 1.807) is 0 Å². The predicted octanol–water partition coefficient (Wildman–Crippen LogP) is 5.95. The summed E-state index contributed by atoms with van der Waals surface area (Å²) in [6, 6.07) is 0. The van der Waals surface area contributed by atoms with Crippen molar-refractivity contribution in [1.29, 1.82) is 0 Å². The van der Waals surface area contributed by atoms with Crippen molar-refractivity contribution in [2.45, 2.75) is 103 Å². The van der Waals surface area contributed by atoms with Gasteiger partial charge in [0.25, 0.3) is 0 Å². The highest BCUT2D eigenvalue weighted by molar-refractivity contribution is 5.89. The van der Waals surface area contributed by atoms with E-state index >= 15 is 0 Å². The van der Waals surface area contributed by atoms with Gasteiger partial charge in [0.05, 0.1) is 7.11 Å². The van der Waals surface area contributed by atoms with Crippen molar-refractivity contribution in [3.05, 3.63) is 12.2 Å². The lowest BCUT2D eigenvalue weighted by atomic mass is 10.0. The molecule has 1 amide bonds. The SMILES string of the molecule is C=C(CNC(=O)CCCCCCCCC1CC1CCCCCCC)C(=O)OC. The molecule has 2 atom stereocenters. The molecule has 0 radical (unpaired) electrons. The van der Waals surface area contributed by atoms with Gasteiger partial charge in [0.1, 0.15) is 0 Å². The molecule has 0 spiro atoms. The number of esters is 1. The number of nitrogens with one attached hydrogen (secondary N) is 1. The molecule has 1 fully saturated rings. The van der Waals surface area contributed by atoms with Crippen LogP contribution in [0.3, 0.4) is 0 Å². The summed E-state index contributed by atoms with van der Waals surface area (Å²) < 4.78 is 4.55. The molecule has 0 heterocycles. The Labute approximate surface area is 172 Å². The smallest absolute Gasteiger partial charge is 0.334 e. The molecule has 1 saturated carbocycles. The van der Waals surface area contributed by atoms with E-state index in [1.165, 1.54) is 84.2 Å². The minimum atomic E-state index is -0.468. The maximum atomic E-state index is 11.7. The van der Waals surface area contributed by atoms with Crippen LogP contribution < -0.4 is 5.32 Å². The zero-order valence-electron chi connectivity index (χ0n) is 18.4. The molecule has 28 heavy (non-hydrogen) atoms. The zero-order chi connectivity index (χ0) is 20.6. The molecule has 0 saturated heterocycles. The van der Waals surface area contributed by atoms with Gasteiger partial charge in [0, 0.05) is 18.5 Å². The number of carbonyl (C=O) groups excluding carboxylic acids is 2. The number of amides is 1. The van der Waals surface area contributed by atoms with Crippen molar-refractivity contribution < 1.29 is 14.3 Å². The number of rotatable bonds is 18. The summed E-state index contributed by atoms with van der Waals surface area (Å²) in [6.45, 7) is 6.04. The van der Waals surface area contributed by atoms with Crippen molar-refractivity contribution >= 4 is 11.9 Å². The Bertz CT molecular complexity index is 461. The molecule has 4 nitrogen and oxygen atoms in total. The maximum Gasteiger partial charge on any atom is 0.334 e. The van der Waals surface area contributed by atoms with E-state index in [2.05, 4.69) is 23.6 Å². The van der Waals surface area contributed by atoms with Gasteiger partial charge in [-0.2, -0.15) is 0 Å². The van der Waals surface area contributed by atoms with Crippen LogP contribution in [0.25, 0.3) is 0 Å². The quantitative estimate of drug-likeness (QED) is 0.178. The number of carbonyl (C=O) groups is 2. The molecule has 0 bridgehead atoms. The van der Waals surface area contributed by atoms with Gasteiger partial charge in [-0.15, -0.1) is 0 Å². The first kappa shape index (κ1) is 24.7. The Balaban J connectivity index is 1.83. The minimum Gasteiger partial charge on any atom is -0.466 e. The maximum absolute atomic E-state index is 11.7. The van der Waals surface area contributed by atoms with Crippen molar-refractivity contribution in [2.75, 3.05) is 13.7 Å². The fraction of sp³-hybridized carbons (Fsp3) is 0.833. The molecule has 0 aromatic carbocycles. The third-order valence-corrected chi connectivity index (χ3v) is 5.95. The lowest BCUT2D eigenvalue weighted by Gasteiger charge is -2.06. The highest BCUT2D eigenvalue weighted by Gasteiger charge is 2.34. The zero-order valence-corrected chi connectivity index (χ0v) is 18.4. The van der Waals surface area contributed by atoms with Gasteiger partial charge in [-0.1, -0.05) is 90.6 Å². The van der Waals surface area contributed by atoms with Gasteiger partial charge in [-0.3, -0.25) is 4.79 Å². The topological polar surface area (TPSA) is 55.4 Å². The van der Waals surface area contributed by atoms with Gasteiger partial charge in [-0.25, -0.2) is 4.79 Å². The number of unbranched alkanes of at least 4 members (excludes halogenated alkanes) is 9. The van der Waals surface area contributed by atoms with Crippen molar-refractivity contribution in [1.82, 2.24) is 5.32 Å². The molecule has 2 unspecified atom stereocenters. The average Bonchev–Trinajstić information content (AvgIpc) is 3.45. The van der Waals surface area contributed by atoms with Gasteiger partial charge >= 0.3 is 5.97 Å². The standard InChI is InChI=1S/C24H43NO3/c1-4-5-6-9-12-15-21-18-22(21)16-13-10-7-8-11-14-17-23(26)25-19-20(2)24(27)28-3/h21-22H,2,4-19H2,1,3H3,(H,25,26). The number of ether oxygens (including phenoxy) is 1. The van der Waals surface area contributed by atoms with Crippen LogP contribution >= 0.6 is 0 Å². The monoisotopic (exact) mass is 393 g/mol. The lowest BCUT2D eigenvalue weighted by Crippen LogP contribution is -2.27. The van der Waals surface area contributed by atoms with E-state index in [1.807, 2.05) is 0 Å². The average molecular weight is 394 g/mol. The highest BCUT2D eigenvalue weighted by atomic mass is 16.5. The van der Waals surface area contributed by atoms with Gasteiger partial charge in [-0.05, 0) is 24.7 Å². The molecule has 1 aliphatic rings. The fourth-order valence-electron chi connectivity index (χ4n) is 3.94. The van der Waals surface area contributed by atoms with E-state index in [0.717, 1.165) is 24.7 Å². The molecule has 0 aromatic heterocycles. The molecule has 1 aliphatic carbocycles. The third kappa shape index (κ3) is 12.2. The number of hydrogen-bond donors (Lipinski definition) is 1. The molecule has 0 aromatic rings. The molecule has 1 rings (SSSR count). The van der Waals surface area contributed by atoms with E-state index in [9.17, 15) is 9.59 Å². The van der Waals surface area contributed by atoms with Crippen molar-refractivity contribution in [3.63, 3.8) is 0 Å². The third-order valence-electron chi connectivity index (χ3n) is 5.95. The first-order chi connectivity index (χ1) is 13.6. The van der Waals surface area contributed by atoms with E-state index in [0.29, 0.717) is 6.42 Å². The second kappa shape index (κ2) is 15.6. The molecular weight excluding hydrogens is 350 g/mol. The molecular formula is C24H43NO3. The van der Waals surface area contributed by atoms with Crippen LogP contribution in [-0.4, -0.2) is 25.5 Å². The predicted molar refractivity (Wildman–Crippen MR) is 116 cm³/mol. The summed E-state index contributed by atoms with van der Waals surface area (Å²) >= 11 is 0. The van der Waals surface area contributed by atoms with Crippen LogP contribution in [0.5, 0.6) is 0 Å². The van der Waals surface area contributed by atoms with Crippen LogP contribution in [0.2, 0.25) is 0 Å². The van der Waals surface area contributed by atoms with Gasteiger partial charge in [0.15, 0.2) is 0 Å². The number of methoxy groups -OCH3 is 1. The Hall–Kier alpha value is -1.32. The highest BCUT2D eigenvalue weighted by Crippen LogP contribution is 2.45. The van der Waals surface area contributed by atoms with Gasteiger partial charge in [0.2, 0.25) is 5.91 Å². The fourth-order valence-corrected chi connectivity index (χ4v) is 3.94. The van der Waals surface area contributed by atoms with E-state index < -0.39 is 5.97 Å². The van der Waals surface area contributed by atoms with E-state index in [-0.39, 0.29) is 18.0 Å². The molecule has 0 aliphatic heterocycles. The second-order valence-electron chi connectivity index (χ2n) is 8.49. The van der Waals surface area contributed by atoms with E-state index in [4.69, 9.17) is 0 Å². The van der Waals surface area contributed by atoms with Crippen LogP contribution in [0.1, 0.15) is 103 Å². The Morgan fingerprint density at radius 2 is 1.43 bits per heavy atom. The lowest BCUT2D eigenvalue weighted by molar-refractivity contribution is -0.136. The molecule has 1 N–H and O–H groups in total. The summed E-state index contributed by atoms with van der Waals surface area (Å²) in [5.41, 5.74) is 0.283. The summed E-state index contributed by atoms with van der Waals surface area (Å²) in [7, 11) is 1.31. The normalized spacial score (nSPS) is 17.9. The molecule has 162 valence electrons. The number of hydrogen-bond acceptors (Lipinski definition) is 3. The van der Waals surface area contributed by atoms with Crippen LogP contribution in [0.15, 0.2) is 12.2 Å². The van der Waals surface area contributed by atoms with Crippen LogP contribution in [0.4, 0.5) is 0 Å².